The summed E-state index contributed by atoms with van der Waals surface area (Å²) in [7, 11) is 0. The second kappa shape index (κ2) is 9.95. The molecular weight excluding hydrogens is 408 g/mol. The van der Waals surface area contributed by atoms with Crippen molar-refractivity contribution in [1.82, 2.24) is 24.8 Å². The summed E-state index contributed by atoms with van der Waals surface area (Å²) >= 11 is 0. The average Bonchev–Trinajstić information content (AvgIpc) is 3.11. The van der Waals surface area contributed by atoms with Gasteiger partial charge in [-0.1, -0.05) is 12.1 Å². The lowest BCUT2D eigenvalue weighted by Gasteiger charge is -2.27. The number of carbonyl (C=O) groups is 1. The SMILES string of the molecule is Cc1nc(N2CCOCC2)[nH]c(=O)c1CCC(=O)NCCCn1c(C)nc2ccccc21. The van der Waals surface area contributed by atoms with Crippen LogP contribution in [0.3, 0.4) is 0 Å². The second-order valence-corrected chi connectivity index (χ2v) is 8.06. The van der Waals surface area contributed by atoms with Gasteiger partial charge in [0, 0.05) is 43.9 Å². The predicted molar refractivity (Wildman–Crippen MR) is 123 cm³/mol. The van der Waals surface area contributed by atoms with Gasteiger partial charge in [-0.05, 0) is 38.8 Å². The maximum atomic E-state index is 12.6. The molecule has 0 saturated carbocycles. The van der Waals surface area contributed by atoms with E-state index >= 15 is 0 Å². The maximum absolute atomic E-state index is 12.6. The molecule has 0 unspecified atom stereocenters. The number of nitrogens with zero attached hydrogens (tertiary/aromatic N) is 4. The molecule has 1 saturated heterocycles. The number of benzene rings is 1. The van der Waals surface area contributed by atoms with Crippen molar-refractivity contribution in [3.8, 4) is 0 Å². The lowest BCUT2D eigenvalue weighted by molar-refractivity contribution is -0.121. The number of carbonyl (C=O) groups excluding carboxylic acids is 1. The summed E-state index contributed by atoms with van der Waals surface area (Å²) in [5, 5.41) is 2.96. The number of aromatic amines is 1. The van der Waals surface area contributed by atoms with Gasteiger partial charge in [-0.15, -0.1) is 0 Å². The Labute approximate surface area is 186 Å². The molecule has 2 N–H and O–H groups in total. The van der Waals surface area contributed by atoms with Gasteiger partial charge in [0.1, 0.15) is 5.82 Å². The number of anilines is 1. The minimum atomic E-state index is -0.172. The lowest BCUT2D eigenvalue weighted by atomic mass is 10.1. The molecule has 0 bridgehead atoms. The Bertz CT molecular complexity index is 1150. The van der Waals surface area contributed by atoms with Crippen LogP contribution in [0.2, 0.25) is 0 Å². The van der Waals surface area contributed by atoms with E-state index in [-0.39, 0.29) is 17.9 Å². The minimum Gasteiger partial charge on any atom is -0.378 e. The lowest BCUT2D eigenvalue weighted by Crippen LogP contribution is -2.38. The van der Waals surface area contributed by atoms with Crippen molar-refractivity contribution >= 4 is 22.9 Å². The fourth-order valence-corrected chi connectivity index (χ4v) is 4.09. The van der Waals surface area contributed by atoms with E-state index in [4.69, 9.17) is 4.74 Å². The summed E-state index contributed by atoms with van der Waals surface area (Å²) < 4.78 is 7.52. The highest BCUT2D eigenvalue weighted by molar-refractivity contribution is 5.76. The Morgan fingerprint density at radius 3 is 2.75 bits per heavy atom. The normalized spacial score (nSPS) is 14.1. The van der Waals surface area contributed by atoms with Crippen molar-refractivity contribution in [2.45, 2.75) is 39.7 Å². The Kier molecular flexibility index (Phi) is 6.84. The monoisotopic (exact) mass is 438 g/mol. The van der Waals surface area contributed by atoms with Crippen molar-refractivity contribution in [3.63, 3.8) is 0 Å². The van der Waals surface area contributed by atoms with Crippen LogP contribution in [-0.2, 0) is 22.5 Å². The number of amides is 1. The topological polar surface area (TPSA) is 105 Å². The van der Waals surface area contributed by atoms with Crippen LogP contribution in [-0.4, -0.2) is 58.3 Å². The molecule has 32 heavy (non-hydrogen) atoms. The summed E-state index contributed by atoms with van der Waals surface area (Å²) in [4.78, 5) is 38.9. The Morgan fingerprint density at radius 1 is 1.19 bits per heavy atom. The summed E-state index contributed by atoms with van der Waals surface area (Å²) in [6.45, 7) is 7.85. The number of morpholine rings is 1. The van der Waals surface area contributed by atoms with Crippen LogP contribution in [0.15, 0.2) is 29.1 Å². The molecule has 2 aromatic heterocycles. The van der Waals surface area contributed by atoms with Gasteiger partial charge in [-0.3, -0.25) is 14.6 Å². The number of para-hydroxylation sites is 2. The number of ether oxygens (including phenoxy) is 1. The number of rotatable bonds is 8. The van der Waals surface area contributed by atoms with Crippen LogP contribution >= 0.6 is 0 Å². The van der Waals surface area contributed by atoms with Crippen molar-refractivity contribution in [3.05, 3.63) is 51.7 Å². The molecular formula is C23H30N6O3. The summed E-state index contributed by atoms with van der Waals surface area (Å²) in [5.41, 5.74) is 3.17. The maximum Gasteiger partial charge on any atom is 0.255 e. The van der Waals surface area contributed by atoms with Gasteiger partial charge in [0.2, 0.25) is 11.9 Å². The molecule has 1 aliphatic rings. The number of fused-ring (bicyclic) bond motifs is 1. The zero-order valence-electron chi connectivity index (χ0n) is 18.7. The molecule has 1 aliphatic heterocycles. The van der Waals surface area contributed by atoms with E-state index in [1.165, 1.54) is 0 Å². The van der Waals surface area contributed by atoms with E-state index in [1.54, 1.807) is 0 Å². The van der Waals surface area contributed by atoms with Gasteiger partial charge in [-0.2, -0.15) is 0 Å². The molecule has 0 radical (unpaired) electrons. The molecule has 1 amide bonds. The fraction of sp³-hybridized carbons (Fsp3) is 0.478. The van der Waals surface area contributed by atoms with Gasteiger partial charge in [0.25, 0.3) is 5.56 Å². The van der Waals surface area contributed by atoms with Crippen molar-refractivity contribution in [2.24, 2.45) is 0 Å². The number of hydrogen-bond acceptors (Lipinski definition) is 6. The summed E-state index contributed by atoms with van der Waals surface area (Å²) in [5.74, 6) is 1.49. The molecule has 9 nitrogen and oxygen atoms in total. The molecule has 3 heterocycles. The third-order valence-electron chi connectivity index (χ3n) is 5.85. The highest BCUT2D eigenvalue weighted by Crippen LogP contribution is 2.15. The average molecular weight is 439 g/mol. The standard InChI is InChI=1S/C23H30N6O3/c1-16-18(22(31)27-23(25-16)28-12-14-32-15-13-28)8-9-21(30)24-10-5-11-29-17(2)26-19-6-3-4-7-20(19)29/h3-4,6-7H,5,8-15H2,1-2H3,(H,24,30)(H,25,27,31). The van der Waals surface area contributed by atoms with Gasteiger partial charge in [-0.25, -0.2) is 9.97 Å². The van der Waals surface area contributed by atoms with Crippen LogP contribution in [0.5, 0.6) is 0 Å². The fourth-order valence-electron chi connectivity index (χ4n) is 4.09. The first-order chi connectivity index (χ1) is 15.5. The summed E-state index contributed by atoms with van der Waals surface area (Å²) in [6, 6.07) is 8.06. The number of imidazole rings is 1. The smallest absolute Gasteiger partial charge is 0.255 e. The van der Waals surface area contributed by atoms with Crippen LogP contribution < -0.4 is 15.8 Å². The first kappa shape index (κ1) is 22.0. The Hall–Kier alpha value is -3.20. The molecule has 170 valence electrons. The minimum absolute atomic E-state index is 0.0618. The third kappa shape index (κ3) is 4.99. The van der Waals surface area contributed by atoms with E-state index in [0.717, 1.165) is 29.8 Å². The molecule has 0 atom stereocenters. The molecule has 0 aliphatic carbocycles. The highest BCUT2D eigenvalue weighted by atomic mass is 16.5. The van der Waals surface area contributed by atoms with Crippen LogP contribution in [0.4, 0.5) is 5.95 Å². The predicted octanol–water partition coefficient (Wildman–Crippen LogP) is 1.71. The van der Waals surface area contributed by atoms with Crippen molar-refractivity contribution in [2.75, 3.05) is 37.7 Å². The van der Waals surface area contributed by atoms with Crippen LogP contribution in [0.1, 0.15) is 29.9 Å². The van der Waals surface area contributed by atoms with Crippen LogP contribution in [0.25, 0.3) is 11.0 Å². The van der Waals surface area contributed by atoms with Gasteiger partial charge >= 0.3 is 0 Å². The number of aryl methyl sites for hydroxylation is 3. The summed E-state index contributed by atoms with van der Waals surface area (Å²) in [6.07, 6.45) is 1.44. The third-order valence-corrected chi connectivity index (χ3v) is 5.85. The number of nitrogens with one attached hydrogen (secondary N) is 2. The second-order valence-electron chi connectivity index (χ2n) is 8.06. The van der Waals surface area contributed by atoms with E-state index < -0.39 is 0 Å². The molecule has 1 aromatic carbocycles. The molecule has 1 fully saturated rings. The number of hydrogen-bond donors (Lipinski definition) is 2. The molecule has 9 heteroatoms. The Balaban J connectivity index is 1.26. The van der Waals surface area contributed by atoms with E-state index in [2.05, 4.69) is 30.9 Å². The highest BCUT2D eigenvalue weighted by Gasteiger charge is 2.16. The van der Waals surface area contributed by atoms with Gasteiger partial charge < -0.3 is 19.5 Å². The largest absolute Gasteiger partial charge is 0.378 e. The van der Waals surface area contributed by atoms with Gasteiger partial charge in [0.05, 0.1) is 24.2 Å². The number of H-pyrrole nitrogens is 1. The first-order valence-corrected chi connectivity index (χ1v) is 11.1. The molecule has 4 rings (SSSR count). The van der Waals surface area contributed by atoms with Crippen LogP contribution in [0, 0.1) is 13.8 Å². The zero-order valence-corrected chi connectivity index (χ0v) is 18.7. The quantitative estimate of drug-likeness (QED) is 0.519. The van der Waals surface area contributed by atoms with Gasteiger partial charge in [0.15, 0.2) is 0 Å². The Morgan fingerprint density at radius 2 is 1.97 bits per heavy atom. The van der Waals surface area contributed by atoms with E-state index in [0.29, 0.717) is 56.5 Å². The van der Waals surface area contributed by atoms with E-state index in [9.17, 15) is 9.59 Å². The number of aromatic nitrogens is 4. The van der Waals surface area contributed by atoms with Crippen molar-refractivity contribution in [1.29, 1.82) is 0 Å². The van der Waals surface area contributed by atoms with Crippen molar-refractivity contribution < 1.29 is 9.53 Å². The van der Waals surface area contributed by atoms with E-state index in [1.807, 2.05) is 36.9 Å². The molecule has 3 aromatic rings. The molecule has 0 spiro atoms. The first-order valence-electron chi connectivity index (χ1n) is 11.1. The zero-order chi connectivity index (χ0) is 22.5.